The minimum Gasteiger partial charge on any atom is -0.355 e. The molecule has 2 rings (SSSR count). The number of benzene rings is 1. The molecule has 0 spiro atoms. The highest BCUT2D eigenvalue weighted by Crippen LogP contribution is 2.36. The Morgan fingerprint density at radius 1 is 1.22 bits per heavy atom. The van der Waals surface area contributed by atoms with E-state index in [1.165, 1.54) is 24.0 Å². The van der Waals surface area contributed by atoms with Crippen molar-refractivity contribution < 1.29 is 4.79 Å². The second-order valence-electron chi connectivity index (χ2n) is 5.10. The fourth-order valence-corrected chi connectivity index (χ4v) is 2.70. The molecule has 0 radical (unpaired) electrons. The van der Waals surface area contributed by atoms with Crippen molar-refractivity contribution in [1.29, 1.82) is 0 Å². The van der Waals surface area contributed by atoms with Crippen LogP contribution in [0.1, 0.15) is 49.8 Å². The summed E-state index contributed by atoms with van der Waals surface area (Å²) >= 11 is 0. The molecule has 0 saturated heterocycles. The Morgan fingerprint density at radius 2 is 1.94 bits per heavy atom. The first-order valence-corrected chi connectivity index (χ1v) is 6.75. The van der Waals surface area contributed by atoms with Crippen LogP contribution in [0.2, 0.25) is 0 Å². The van der Waals surface area contributed by atoms with Crippen LogP contribution in [0.25, 0.3) is 0 Å². The Balaban J connectivity index is 1.94. The summed E-state index contributed by atoms with van der Waals surface area (Å²) in [4.78, 5) is 10.8. The van der Waals surface area contributed by atoms with Gasteiger partial charge in [-0.2, -0.15) is 0 Å². The van der Waals surface area contributed by atoms with Crippen molar-refractivity contribution in [3.8, 4) is 0 Å². The molecule has 3 heteroatoms. The van der Waals surface area contributed by atoms with E-state index in [0.717, 1.165) is 6.54 Å². The molecule has 0 aliphatic heterocycles. The smallest absolute Gasteiger partial charge is 0.216 e. The van der Waals surface area contributed by atoms with Gasteiger partial charge in [0, 0.05) is 26.1 Å². The van der Waals surface area contributed by atoms with Crippen LogP contribution in [0.3, 0.4) is 0 Å². The van der Waals surface area contributed by atoms with Crippen molar-refractivity contribution >= 4 is 5.91 Å². The number of nitrogens with one attached hydrogen (secondary N) is 2. The van der Waals surface area contributed by atoms with Crippen LogP contribution in [-0.4, -0.2) is 19.0 Å². The molecule has 1 amide bonds. The molecule has 3 nitrogen and oxygen atoms in total. The molecule has 1 aromatic carbocycles. The first-order valence-electron chi connectivity index (χ1n) is 6.75. The Bertz CT molecular complexity index is 417. The predicted molar refractivity (Wildman–Crippen MR) is 73.5 cm³/mol. The summed E-state index contributed by atoms with van der Waals surface area (Å²) in [5.41, 5.74) is 2.90. The molecule has 1 aromatic rings. The first-order chi connectivity index (χ1) is 8.68. The lowest BCUT2D eigenvalue weighted by molar-refractivity contribution is -0.118. The molecule has 2 atom stereocenters. The van der Waals surface area contributed by atoms with Gasteiger partial charge >= 0.3 is 0 Å². The van der Waals surface area contributed by atoms with Gasteiger partial charge in [-0.05, 0) is 29.9 Å². The van der Waals surface area contributed by atoms with Crippen LogP contribution >= 0.6 is 0 Å². The van der Waals surface area contributed by atoms with Crippen molar-refractivity contribution in [3.05, 3.63) is 35.4 Å². The molecular weight excluding hydrogens is 224 g/mol. The zero-order chi connectivity index (χ0) is 13.0. The van der Waals surface area contributed by atoms with E-state index in [1.54, 1.807) is 6.92 Å². The van der Waals surface area contributed by atoms with Crippen LogP contribution in [0.15, 0.2) is 24.3 Å². The van der Waals surface area contributed by atoms with Gasteiger partial charge in [-0.25, -0.2) is 0 Å². The second-order valence-corrected chi connectivity index (χ2v) is 5.10. The lowest BCUT2D eigenvalue weighted by Gasteiger charge is -2.30. The maximum absolute atomic E-state index is 10.8. The molecule has 2 N–H and O–H groups in total. The number of hydrogen-bond acceptors (Lipinski definition) is 2. The summed E-state index contributed by atoms with van der Waals surface area (Å²) in [6.07, 6.45) is 2.41. The van der Waals surface area contributed by atoms with Crippen molar-refractivity contribution in [1.82, 2.24) is 10.6 Å². The SMILES string of the molecule is CC(=O)NCCNC1CCC(C)c2ccccc21. The van der Waals surface area contributed by atoms with Gasteiger partial charge in [0.25, 0.3) is 0 Å². The summed E-state index contributed by atoms with van der Waals surface area (Å²) < 4.78 is 0. The van der Waals surface area contributed by atoms with E-state index in [9.17, 15) is 4.79 Å². The van der Waals surface area contributed by atoms with Gasteiger partial charge in [0.05, 0.1) is 0 Å². The van der Waals surface area contributed by atoms with Gasteiger partial charge in [0.15, 0.2) is 0 Å². The monoisotopic (exact) mass is 246 g/mol. The average Bonchev–Trinajstić information content (AvgIpc) is 2.37. The molecular formula is C15H22N2O. The summed E-state index contributed by atoms with van der Waals surface area (Å²) in [7, 11) is 0. The molecule has 0 aromatic heterocycles. The van der Waals surface area contributed by atoms with E-state index in [4.69, 9.17) is 0 Å². The van der Waals surface area contributed by atoms with Crippen LogP contribution in [-0.2, 0) is 4.79 Å². The molecule has 0 bridgehead atoms. The molecule has 98 valence electrons. The largest absolute Gasteiger partial charge is 0.355 e. The van der Waals surface area contributed by atoms with Crippen molar-refractivity contribution in [2.45, 2.75) is 38.6 Å². The third-order valence-electron chi connectivity index (χ3n) is 3.68. The Hall–Kier alpha value is -1.35. The highest BCUT2D eigenvalue weighted by Gasteiger charge is 2.23. The number of rotatable bonds is 4. The lowest BCUT2D eigenvalue weighted by atomic mass is 9.81. The Labute approximate surface area is 109 Å². The quantitative estimate of drug-likeness (QED) is 0.801. The number of carbonyl (C=O) groups excluding carboxylic acids is 1. The molecule has 18 heavy (non-hydrogen) atoms. The van der Waals surface area contributed by atoms with E-state index >= 15 is 0 Å². The predicted octanol–water partition coefficient (Wildman–Crippen LogP) is 2.35. The van der Waals surface area contributed by atoms with Gasteiger partial charge in [-0.1, -0.05) is 31.2 Å². The highest BCUT2D eigenvalue weighted by atomic mass is 16.1. The first kappa shape index (κ1) is 13.1. The molecule has 0 fully saturated rings. The van der Waals surface area contributed by atoms with Crippen LogP contribution in [0, 0.1) is 0 Å². The zero-order valence-electron chi connectivity index (χ0n) is 11.2. The summed E-state index contributed by atoms with van der Waals surface area (Å²) in [5.74, 6) is 0.698. The average molecular weight is 246 g/mol. The normalized spacial score (nSPS) is 22.3. The maximum atomic E-state index is 10.8. The fourth-order valence-electron chi connectivity index (χ4n) is 2.70. The molecule has 0 saturated carbocycles. The van der Waals surface area contributed by atoms with E-state index in [1.807, 2.05) is 0 Å². The van der Waals surface area contributed by atoms with E-state index < -0.39 is 0 Å². The maximum Gasteiger partial charge on any atom is 0.216 e. The summed E-state index contributed by atoms with van der Waals surface area (Å²) in [5, 5.41) is 6.36. The van der Waals surface area contributed by atoms with E-state index in [0.29, 0.717) is 18.5 Å². The van der Waals surface area contributed by atoms with Crippen LogP contribution in [0.4, 0.5) is 0 Å². The number of fused-ring (bicyclic) bond motifs is 1. The molecule has 0 heterocycles. The molecule has 1 aliphatic carbocycles. The summed E-state index contributed by atoms with van der Waals surface area (Å²) in [6.45, 7) is 5.38. The van der Waals surface area contributed by atoms with E-state index in [2.05, 4.69) is 41.8 Å². The highest BCUT2D eigenvalue weighted by molar-refractivity contribution is 5.72. The van der Waals surface area contributed by atoms with Gasteiger partial charge in [-0.15, -0.1) is 0 Å². The van der Waals surface area contributed by atoms with Crippen molar-refractivity contribution in [2.24, 2.45) is 0 Å². The molecule has 2 unspecified atom stereocenters. The third kappa shape index (κ3) is 3.10. The Kier molecular flexibility index (Phi) is 4.37. The standard InChI is InChI=1S/C15H22N2O/c1-11-7-8-15(17-10-9-16-12(2)18)14-6-4-3-5-13(11)14/h3-6,11,15,17H,7-10H2,1-2H3,(H,16,18). The van der Waals surface area contributed by atoms with Gasteiger partial charge in [0.1, 0.15) is 0 Å². The van der Waals surface area contributed by atoms with Crippen molar-refractivity contribution in [2.75, 3.05) is 13.1 Å². The number of hydrogen-bond donors (Lipinski definition) is 2. The topological polar surface area (TPSA) is 41.1 Å². The van der Waals surface area contributed by atoms with Gasteiger partial charge < -0.3 is 10.6 Å². The van der Waals surface area contributed by atoms with E-state index in [-0.39, 0.29) is 5.91 Å². The minimum atomic E-state index is 0.0365. The minimum absolute atomic E-state index is 0.0365. The zero-order valence-corrected chi connectivity index (χ0v) is 11.2. The molecule has 1 aliphatic rings. The number of amides is 1. The third-order valence-corrected chi connectivity index (χ3v) is 3.68. The Morgan fingerprint density at radius 3 is 2.67 bits per heavy atom. The van der Waals surface area contributed by atoms with Crippen LogP contribution in [0.5, 0.6) is 0 Å². The van der Waals surface area contributed by atoms with Crippen LogP contribution < -0.4 is 10.6 Å². The number of carbonyl (C=O) groups is 1. The second kappa shape index (κ2) is 6.01. The fraction of sp³-hybridized carbons (Fsp3) is 0.533. The lowest BCUT2D eigenvalue weighted by Crippen LogP contribution is -2.34. The van der Waals surface area contributed by atoms with Gasteiger partial charge in [-0.3, -0.25) is 4.79 Å². The van der Waals surface area contributed by atoms with Crippen molar-refractivity contribution in [3.63, 3.8) is 0 Å². The van der Waals surface area contributed by atoms with Gasteiger partial charge in [0.2, 0.25) is 5.91 Å². The summed E-state index contributed by atoms with van der Waals surface area (Å²) in [6, 6.07) is 9.13.